The standard InChI is InChI=1S/C16H17N5O6S2/c1-6-18-19-16(29-6)28-5-9(22)20-3-2-7-8(4-27-15(17)26)11(14(24)25)21-10(7)12(20)13(21)23/h7,10,12H,2-5H2,1H3,(H2,17,26)(H,24,25)/t7?,10-,12+/m1/s1. The Bertz CT molecular complexity index is 946. The summed E-state index contributed by atoms with van der Waals surface area (Å²) >= 11 is 2.64. The van der Waals surface area contributed by atoms with Crippen LogP contribution in [0, 0.1) is 12.8 Å². The number of nitrogens with two attached hydrogens (primary N) is 1. The van der Waals surface area contributed by atoms with Gasteiger partial charge in [0.15, 0.2) is 4.34 Å². The van der Waals surface area contributed by atoms with Crippen molar-refractivity contribution >= 4 is 47.0 Å². The van der Waals surface area contributed by atoms with E-state index in [1.807, 2.05) is 6.92 Å². The van der Waals surface area contributed by atoms with Gasteiger partial charge in [0.2, 0.25) is 5.91 Å². The number of carbonyl (C=O) groups excluding carboxylic acids is 3. The van der Waals surface area contributed by atoms with Crippen molar-refractivity contribution in [3.8, 4) is 0 Å². The summed E-state index contributed by atoms with van der Waals surface area (Å²) < 4.78 is 5.48. The van der Waals surface area contributed by atoms with Gasteiger partial charge in [-0.05, 0) is 13.3 Å². The van der Waals surface area contributed by atoms with Crippen molar-refractivity contribution in [3.63, 3.8) is 0 Å². The van der Waals surface area contributed by atoms with Crippen LogP contribution in [0.15, 0.2) is 15.6 Å². The number of ether oxygens (including phenoxy) is 1. The third kappa shape index (κ3) is 3.23. The van der Waals surface area contributed by atoms with Crippen molar-refractivity contribution in [1.82, 2.24) is 20.0 Å². The first-order valence-electron chi connectivity index (χ1n) is 8.73. The van der Waals surface area contributed by atoms with Gasteiger partial charge in [-0.3, -0.25) is 14.5 Å². The van der Waals surface area contributed by atoms with Gasteiger partial charge in [-0.2, -0.15) is 0 Å². The van der Waals surface area contributed by atoms with Crippen molar-refractivity contribution in [2.45, 2.75) is 29.8 Å². The van der Waals surface area contributed by atoms with Crippen molar-refractivity contribution in [1.29, 1.82) is 0 Å². The molecule has 3 atom stereocenters. The minimum absolute atomic E-state index is 0.118. The maximum atomic E-state index is 12.7. The van der Waals surface area contributed by atoms with Crippen molar-refractivity contribution in [2.75, 3.05) is 18.9 Å². The molecule has 13 heteroatoms. The minimum Gasteiger partial charge on any atom is -0.477 e. The van der Waals surface area contributed by atoms with Gasteiger partial charge in [0.05, 0.1) is 11.8 Å². The predicted octanol–water partition coefficient (Wildman–Crippen LogP) is -0.186. The molecule has 2 saturated heterocycles. The van der Waals surface area contributed by atoms with Gasteiger partial charge in [0.25, 0.3) is 5.91 Å². The van der Waals surface area contributed by atoms with Gasteiger partial charge < -0.3 is 20.5 Å². The molecule has 4 rings (SSSR count). The molecule has 0 aromatic carbocycles. The molecule has 1 unspecified atom stereocenters. The summed E-state index contributed by atoms with van der Waals surface area (Å²) in [6, 6.07) is -1.16. The molecule has 154 valence electrons. The Hall–Kier alpha value is -2.67. The number of hydrogen-bond donors (Lipinski definition) is 2. The zero-order chi connectivity index (χ0) is 20.9. The molecule has 3 aliphatic rings. The Morgan fingerprint density at radius 2 is 2.14 bits per heavy atom. The second kappa shape index (κ2) is 7.30. The van der Waals surface area contributed by atoms with Gasteiger partial charge in [-0.1, -0.05) is 23.1 Å². The quantitative estimate of drug-likeness (QED) is 0.453. The van der Waals surface area contributed by atoms with Crippen LogP contribution < -0.4 is 5.73 Å². The molecule has 11 nitrogen and oxygen atoms in total. The van der Waals surface area contributed by atoms with Gasteiger partial charge >= 0.3 is 12.1 Å². The van der Waals surface area contributed by atoms with E-state index in [0.717, 1.165) is 5.01 Å². The maximum absolute atomic E-state index is 12.7. The van der Waals surface area contributed by atoms with E-state index in [0.29, 0.717) is 22.9 Å². The Morgan fingerprint density at radius 1 is 1.38 bits per heavy atom. The highest BCUT2D eigenvalue weighted by atomic mass is 32.2. The summed E-state index contributed by atoms with van der Waals surface area (Å²) in [4.78, 5) is 50.9. The minimum atomic E-state index is -1.27. The van der Waals surface area contributed by atoms with Crippen LogP contribution in [0.5, 0.6) is 0 Å². The lowest BCUT2D eigenvalue weighted by Gasteiger charge is -2.53. The molecular formula is C16H17N5O6S2. The first kappa shape index (κ1) is 19.6. The van der Waals surface area contributed by atoms with Gasteiger partial charge in [-0.15, -0.1) is 10.2 Å². The highest BCUT2D eigenvalue weighted by Gasteiger charge is 2.64. The van der Waals surface area contributed by atoms with Crippen LogP contribution in [0.2, 0.25) is 0 Å². The second-order valence-electron chi connectivity index (χ2n) is 6.79. The molecule has 2 fully saturated rings. The van der Waals surface area contributed by atoms with Crippen LogP contribution in [0.25, 0.3) is 0 Å². The third-order valence-electron chi connectivity index (χ3n) is 5.25. The van der Waals surface area contributed by atoms with Gasteiger partial charge in [0.1, 0.15) is 23.4 Å². The molecular weight excluding hydrogens is 422 g/mol. The molecule has 1 aromatic heterocycles. The lowest BCUT2D eigenvalue weighted by Crippen LogP contribution is -2.73. The number of thioether (sulfide) groups is 1. The Morgan fingerprint density at radius 3 is 2.76 bits per heavy atom. The van der Waals surface area contributed by atoms with E-state index in [1.54, 1.807) is 0 Å². The fourth-order valence-electron chi connectivity index (χ4n) is 4.16. The number of piperidine rings is 1. The molecule has 0 aliphatic carbocycles. The lowest BCUT2D eigenvalue weighted by atomic mass is 9.78. The van der Waals surface area contributed by atoms with Crippen LogP contribution in [-0.4, -0.2) is 80.0 Å². The third-order valence-corrected chi connectivity index (χ3v) is 7.21. The normalized spacial score (nSPS) is 25.0. The number of carboxylic acids is 1. The number of aliphatic carboxylic acids is 1. The smallest absolute Gasteiger partial charge is 0.404 e. The van der Waals surface area contributed by atoms with Crippen molar-refractivity contribution in [2.24, 2.45) is 11.7 Å². The average Bonchev–Trinajstić information content (AvgIpc) is 3.23. The number of nitrogens with zero attached hydrogens (tertiary/aromatic N) is 4. The molecule has 4 heterocycles. The average molecular weight is 439 g/mol. The van der Waals surface area contributed by atoms with Crippen LogP contribution >= 0.6 is 23.1 Å². The van der Waals surface area contributed by atoms with E-state index >= 15 is 0 Å². The summed E-state index contributed by atoms with van der Waals surface area (Å²) in [6.07, 6.45) is -0.552. The highest BCUT2D eigenvalue weighted by Crippen LogP contribution is 2.49. The van der Waals surface area contributed by atoms with E-state index in [1.165, 1.54) is 32.9 Å². The maximum Gasteiger partial charge on any atom is 0.404 e. The van der Waals surface area contributed by atoms with Crippen LogP contribution in [0.4, 0.5) is 4.79 Å². The molecule has 3 N–H and O–H groups in total. The molecule has 0 bridgehead atoms. The topological polar surface area (TPSA) is 156 Å². The zero-order valence-electron chi connectivity index (χ0n) is 15.2. The molecule has 1 aromatic rings. The number of aromatic nitrogens is 2. The number of carbonyl (C=O) groups is 4. The molecule has 29 heavy (non-hydrogen) atoms. The summed E-state index contributed by atoms with van der Waals surface area (Å²) in [5.41, 5.74) is 5.19. The number of rotatable bonds is 6. The highest BCUT2D eigenvalue weighted by molar-refractivity contribution is 8.01. The second-order valence-corrected chi connectivity index (χ2v) is 9.19. The van der Waals surface area contributed by atoms with Gasteiger partial charge in [-0.25, -0.2) is 9.59 Å². The number of hydrogen-bond acceptors (Lipinski definition) is 9. The van der Waals surface area contributed by atoms with Crippen molar-refractivity contribution in [3.05, 3.63) is 16.3 Å². The number of β-lactam (4-membered cyclic amide) rings is 1. The van der Waals surface area contributed by atoms with Gasteiger partial charge in [0, 0.05) is 18.0 Å². The molecule has 0 radical (unpaired) electrons. The molecule has 3 amide bonds. The number of likely N-dealkylation sites (tertiary alicyclic amines) is 1. The first-order chi connectivity index (χ1) is 13.8. The van der Waals surface area contributed by atoms with Crippen molar-refractivity contribution < 1.29 is 29.0 Å². The summed E-state index contributed by atoms with van der Waals surface area (Å²) in [6.45, 7) is 1.85. The largest absolute Gasteiger partial charge is 0.477 e. The Balaban J connectivity index is 1.49. The molecule has 0 spiro atoms. The SMILES string of the molecule is Cc1nnc(SCC(=O)N2CCC3C(COC(N)=O)=C(C(=O)O)N4C(=O)[C@@H]2[C@@H]34)s1. The van der Waals surface area contributed by atoms with Crippen LogP contribution in [0.1, 0.15) is 11.4 Å². The summed E-state index contributed by atoms with van der Waals surface area (Å²) in [5, 5.41) is 18.2. The summed E-state index contributed by atoms with van der Waals surface area (Å²) in [5.74, 6) is -2.08. The molecule has 0 saturated carbocycles. The fourth-order valence-corrected chi connectivity index (χ4v) is 5.86. The number of primary amides is 1. The van der Waals surface area contributed by atoms with E-state index < -0.39 is 30.1 Å². The molecule has 3 aliphatic heterocycles. The zero-order valence-corrected chi connectivity index (χ0v) is 16.9. The van der Waals surface area contributed by atoms with E-state index in [2.05, 4.69) is 10.2 Å². The first-order valence-corrected chi connectivity index (χ1v) is 10.5. The number of amides is 3. The predicted molar refractivity (Wildman–Crippen MR) is 99.8 cm³/mol. The summed E-state index contributed by atoms with van der Waals surface area (Å²) in [7, 11) is 0. The monoisotopic (exact) mass is 439 g/mol. The van der Waals surface area contributed by atoms with Crippen LogP contribution in [0.3, 0.4) is 0 Å². The number of carboxylic acid groups (broad SMARTS) is 1. The fraction of sp³-hybridized carbons (Fsp3) is 0.500. The van der Waals surface area contributed by atoms with E-state index in [4.69, 9.17) is 10.5 Å². The lowest BCUT2D eigenvalue weighted by molar-refractivity contribution is -0.168. The van der Waals surface area contributed by atoms with E-state index in [-0.39, 0.29) is 29.9 Å². The van der Waals surface area contributed by atoms with E-state index in [9.17, 15) is 24.3 Å². The Kier molecular flexibility index (Phi) is 4.94. The Labute approximate surface area is 172 Å². The number of aryl methyl sites for hydroxylation is 1. The van der Waals surface area contributed by atoms with Crippen LogP contribution in [-0.2, 0) is 19.1 Å².